The molecule has 0 aliphatic carbocycles. The van der Waals surface area contributed by atoms with Gasteiger partial charge in [-0.2, -0.15) is 0 Å². The minimum Gasteiger partial charge on any atom is -0.306 e. The fourth-order valence-corrected chi connectivity index (χ4v) is 0.429. The summed E-state index contributed by atoms with van der Waals surface area (Å²) in [4.78, 5) is 0. The van der Waals surface area contributed by atoms with Gasteiger partial charge in [0.05, 0.1) is 0 Å². The number of hydrogen-bond donors (Lipinski definition) is 2. The summed E-state index contributed by atoms with van der Waals surface area (Å²) in [6, 6.07) is 0. The lowest BCUT2D eigenvalue weighted by Gasteiger charge is -1.96. The van der Waals surface area contributed by atoms with Gasteiger partial charge in [0.1, 0.15) is 11.5 Å². The summed E-state index contributed by atoms with van der Waals surface area (Å²) in [7, 11) is 0. The molecule has 0 heterocycles. The van der Waals surface area contributed by atoms with Crippen LogP contribution in [0.4, 0.5) is 17.6 Å². The molecular formula is C7H6F4N2. The first kappa shape index (κ1) is 11.5. The Balaban J connectivity index is 5.16. The molecule has 0 aromatic carbocycles. The van der Waals surface area contributed by atoms with Crippen LogP contribution in [-0.4, -0.2) is 11.9 Å². The van der Waals surface area contributed by atoms with Gasteiger partial charge in [-0.3, -0.25) is 5.41 Å². The maximum atomic E-state index is 12.5. The Morgan fingerprint density at radius 2 is 1.46 bits per heavy atom. The second-order valence-electron chi connectivity index (χ2n) is 2.03. The highest BCUT2D eigenvalue weighted by Crippen LogP contribution is 2.22. The van der Waals surface area contributed by atoms with Crippen molar-refractivity contribution in [2.75, 3.05) is 0 Å². The predicted molar refractivity (Wildman–Crippen MR) is 40.7 cm³/mol. The van der Waals surface area contributed by atoms with Crippen molar-refractivity contribution in [1.29, 1.82) is 10.8 Å². The first-order chi connectivity index (χ1) is 5.91. The van der Waals surface area contributed by atoms with Crippen molar-refractivity contribution in [3.8, 4) is 0 Å². The molecule has 0 aliphatic heterocycles. The average Bonchev–Trinajstić information content (AvgIpc) is 2.12. The van der Waals surface area contributed by atoms with Crippen LogP contribution in [0.3, 0.4) is 0 Å². The van der Waals surface area contributed by atoms with E-state index in [1.807, 2.05) is 0 Å². The molecule has 2 nitrogen and oxygen atoms in total. The van der Waals surface area contributed by atoms with Crippen LogP contribution in [0.15, 0.2) is 23.3 Å². The van der Waals surface area contributed by atoms with Crippen molar-refractivity contribution in [3.63, 3.8) is 0 Å². The first-order valence-electron chi connectivity index (χ1n) is 3.08. The summed E-state index contributed by atoms with van der Waals surface area (Å²) in [5, 5.41) is 12.9. The standard InChI is InChI=1S/C7H6F4N2/c1-3(8)5(9)7(11)6(10)4(13)2-12/h2,12-13H,1H3/b5-3-,7-6-,12-2?,13-4?. The molecule has 0 fully saturated rings. The number of allylic oxidation sites excluding steroid dienone is 4. The van der Waals surface area contributed by atoms with Crippen molar-refractivity contribution >= 4 is 11.9 Å². The van der Waals surface area contributed by atoms with Crippen molar-refractivity contribution in [2.45, 2.75) is 6.92 Å². The topological polar surface area (TPSA) is 47.7 Å². The second-order valence-corrected chi connectivity index (χ2v) is 2.03. The molecule has 0 saturated carbocycles. The second kappa shape index (κ2) is 4.54. The third-order valence-corrected chi connectivity index (χ3v) is 1.07. The lowest BCUT2D eigenvalue weighted by molar-refractivity contribution is 0.473. The van der Waals surface area contributed by atoms with Crippen LogP contribution >= 0.6 is 0 Å². The number of halogens is 4. The van der Waals surface area contributed by atoms with E-state index in [2.05, 4.69) is 0 Å². The monoisotopic (exact) mass is 194 g/mol. The van der Waals surface area contributed by atoms with Gasteiger partial charge in [0.15, 0.2) is 17.5 Å². The van der Waals surface area contributed by atoms with Gasteiger partial charge in [0.25, 0.3) is 0 Å². The molecule has 0 bridgehead atoms. The Hall–Kier alpha value is -1.46. The van der Waals surface area contributed by atoms with Crippen LogP contribution in [0.5, 0.6) is 0 Å². The summed E-state index contributed by atoms with van der Waals surface area (Å²) < 4.78 is 49.3. The normalized spacial score (nSPS) is 14.5. The highest BCUT2D eigenvalue weighted by molar-refractivity contribution is 6.35. The molecule has 72 valence electrons. The highest BCUT2D eigenvalue weighted by Gasteiger charge is 2.17. The van der Waals surface area contributed by atoms with Crippen LogP contribution in [0, 0.1) is 10.8 Å². The lowest BCUT2D eigenvalue weighted by atomic mass is 10.3. The van der Waals surface area contributed by atoms with E-state index in [-0.39, 0.29) is 6.21 Å². The van der Waals surface area contributed by atoms with Gasteiger partial charge in [-0.1, -0.05) is 0 Å². The van der Waals surface area contributed by atoms with Crippen LogP contribution in [0.1, 0.15) is 6.92 Å². The first-order valence-corrected chi connectivity index (χ1v) is 3.08. The molecule has 0 radical (unpaired) electrons. The Morgan fingerprint density at radius 1 is 1.00 bits per heavy atom. The van der Waals surface area contributed by atoms with Gasteiger partial charge in [-0.15, -0.1) is 0 Å². The summed E-state index contributed by atoms with van der Waals surface area (Å²) in [6.07, 6.45) is 0.176. The largest absolute Gasteiger partial charge is 0.306 e. The Labute approximate surface area is 71.6 Å². The lowest BCUT2D eigenvalue weighted by Crippen LogP contribution is -2.00. The minimum atomic E-state index is -2.10. The predicted octanol–water partition coefficient (Wildman–Crippen LogP) is 2.98. The van der Waals surface area contributed by atoms with E-state index in [1.54, 1.807) is 0 Å². The molecule has 0 unspecified atom stereocenters. The molecular weight excluding hydrogens is 188 g/mol. The van der Waals surface area contributed by atoms with Crippen molar-refractivity contribution in [1.82, 2.24) is 0 Å². The highest BCUT2D eigenvalue weighted by atomic mass is 19.2. The van der Waals surface area contributed by atoms with Crippen LogP contribution in [-0.2, 0) is 0 Å². The molecule has 0 rings (SSSR count). The van der Waals surface area contributed by atoms with E-state index in [9.17, 15) is 17.6 Å². The molecule has 0 aromatic rings. The zero-order chi connectivity index (χ0) is 10.6. The van der Waals surface area contributed by atoms with Gasteiger partial charge in [-0.05, 0) is 6.92 Å². The summed E-state index contributed by atoms with van der Waals surface area (Å²) in [6.45, 7) is 0.607. The average molecular weight is 194 g/mol. The molecule has 0 amide bonds. The van der Waals surface area contributed by atoms with Gasteiger partial charge >= 0.3 is 0 Å². The maximum absolute atomic E-state index is 12.5. The van der Waals surface area contributed by atoms with E-state index >= 15 is 0 Å². The van der Waals surface area contributed by atoms with E-state index in [0.29, 0.717) is 6.92 Å². The Bertz CT molecular complexity index is 300. The minimum absolute atomic E-state index is 0.176. The molecule has 13 heavy (non-hydrogen) atoms. The zero-order valence-corrected chi connectivity index (χ0v) is 6.59. The van der Waals surface area contributed by atoms with Crippen LogP contribution in [0.25, 0.3) is 0 Å². The smallest absolute Gasteiger partial charge is 0.199 e. The third kappa shape index (κ3) is 2.81. The summed E-state index contributed by atoms with van der Waals surface area (Å²) >= 11 is 0. The van der Waals surface area contributed by atoms with Gasteiger partial charge < -0.3 is 5.41 Å². The maximum Gasteiger partial charge on any atom is 0.199 e. The Morgan fingerprint density at radius 3 is 1.77 bits per heavy atom. The number of rotatable bonds is 3. The molecule has 0 aliphatic rings. The third-order valence-electron chi connectivity index (χ3n) is 1.07. The number of nitrogens with one attached hydrogen (secondary N) is 2. The quantitative estimate of drug-likeness (QED) is 0.394. The van der Waals surface area contributed by atoms with E-state index in [1.165, 1.54) is 0 Å². The van der Waals surface area contributed by atoms with Gasteiger partial charge in [0.2, 0.25) is 0 Å². The van der Waals surface area contributed by atoms with Crippen LogP contribution in [0.2, 0.25) is 0 Å². The molecule has 0 spiro atoms. The van der Waals surface area contributed by atoms with E-state index in [0.717, 1.165) is 0 Å². The molecule has 0 aromatic heterocycles. The van der Waals surface area contributed by atoms with Crippen LogP contribution < -0.4 is 0 Å². The summed E-state index contributed by atoms with van der Waals surface area (Å²) in [5.41, 5.74) is -1.16. The SMILES string of the molecule is C/C(F)=C(F)\C(F)=C(\F)C(=N)C=N. The zero-order valence-electron chi connectivity index (χ0n) is 6.59. The number of hydrogen-bond acceptors (Lipinski definition) is 2. The van der Waals surface area contributed by atoms with Crippen molar-refractivity contribution < 1.29 is 17.6 Å². The fourth-order valence-electron chi connectivity index (χ4n) is 0.429. The van der Waals surface area contributed by atoms with Crippen molar-refractivity contribution in [3.05, 3.63) is 23.3 Å². The molecule has 6 heteroatoms. The summed E-state index contributed by atoms with van der Waals surface area (Å²) in [5.74, 6) is -7.52. The van der Waals surface area contributed by atoms with E-state index in [4.69, 9.17) is 10.8 Å². The molecule has 2 N–H and O–H groups in total. The molecule has 0 saturated heterocycles. The molecule has 0 atom stereocenters. The van der Waals surface area contributed by atoms with Gasteiger partial charge in [-0.25, -0.2) is 17.6 Å². The van der Waals surface area contributed by atoms with Gasteiger partial charge in [0, 0.05) is 6.21 Å². The fraction of sp³-hybridized carbons (Fsp3) is 0.143. The van der Waals surface area contributed by atoms with E-state index < -0.39 is 29.0 Å². The Kier molecular flexibility index (Phi) is 4.03. The van der Waals surface area contributed by atoms with Crippen molar-refractivity contribution in [2.24, 2.45) is 0 Å².